The van der Waals surface area contributed by atoms with Crippen LogP contribution in [0.5, 0.6) is 0 Å². The largest absolute Gasteiger partial charge is 0.408 e. The summed E-state index contributed by atoms with van der Waals surface area (Å²) in [5, 5.41) is 3.93. The van der Waals surface area contributed by atoms with Crippen LogP contribution >= 0.6 is 11.5 Å². The maximum absolute atomic E-state index is 14.0. The van der Waals surface area contributed by atoms with Crippen molar-refractivity contribution in [2.45, 2.75) is 43.8 Å². The van der Waals surface area contributed by atoms with Crippen LogP contribution in [0.3, 0.4) is 0 Å². The molecular formula is C21H19F3N6O3S. The molecule has 2 saturated heterocycles. The minimum Gasteiger partial charge on any atom is -0.374 e. The number of alkyl halides is 3. The molecule has 0 N–H and O–H groups in total. The lowest BCUT2D eigenvalue weighted by molar-refractivity contribution is -0.152. The van der Waals surface area contributed by atoms with Crippen molar-refractivity contribution >= 4 is 39.3 Å². The van der Waals surface area contributed by atoms with Crippen LogP contribution in [0.1, 0.15) is 23.2 Å². The van der Waals surface area contributed by atoms with Crippen molar-refractivity contribution < 1.29 is 22.7 Å². The molecule has 5 heterocycles. The van der Waals surface area contributed by atoms with Gasteiger partial charge in [-0.15, -0.1) is 5.10 Å². The maximum Gasteiger partial charge on any atom is 0.408 e. The van der Waals surface area contributed by atoms with Crippen LogP contribution in [0.4, 0.5) is 24.9 Å². The van der Waals surface area contributed by atoms with E-state index < -0.39 is 30.1 Å². The number of fused-ring (bicyclic) bond motifs is 4. The van der Waals surface area contributed by atoms with Crippen LogP contribution in [-0.2, 0) is 11.3 Å². The van der Waals surface area contributed by atoms with E-state index in [1.54, 1.807) is 12.1 Å². The first kappa shape index (κ1) is 21.5. The number of benzene rings is 1. The molecule has 1 aromatic carbocycles. The van der Waals surface area contributed by atoms with Crippen LogP contribution in [-0.4, -0.2) is 69.0 Å². The zero-order chi connectivity index (χ0) is 23.6. The van der Waals surface area contributed by atoms with Gasteiger partial charge >= 0.3 is 6.18 Å². The Hall–Kier alpha value is -3.06. The Morgan fingerprint density at radius 2 is 2.12 bits per heavy atom. The van der Waals surface area contributed by atoms with Gasteiger partial charge in [-0.05, 0) is 42.6 Å². The number of hydrogen-bond donors (Lipinski definition) is 0. The summed E-state index contributed by atoms with van der Waals surface area (Å²) >= 11 is 1.16. The van der Waals surface area contributed by atoms with E-state index in [0.29, 0.717) is 24.5 Å². The second kappa shape index (κ2) is 7.73. The molecule has 3 aromatic rings. The molecule has 2 aromatic heterocycles. The third kappa shape index (κ3) is 3.54. The number of ketones is 1. The van der Waals surface area contributed by atoms with Gasteiger partial charge in [0.15, 0.2) is 5.78 Å². The number of anilines is 2. The van der Waals surface area contributed by atoms with Gasteiger partial charge in [0.1, 0.15) is 17.4 Å². The summed E-state index contributed by atoms with van der Waals surface area (Å²) in [4.78, 5) is 33.3. The number of carbonyl (C=O) groups is 1. The molecule has 178 valence electrons. The van der Waals surface area contributed by atoms with Gasteiger partial charge in [0.25, 0.3) is 5.56 Å². The molecule has 0 spiro atoms. The fraction of sp³-hybridized carbons (Fsp3) is 0.476. The molecule has 2 fully saturated rings. The van der Waals surface area contributed by atoms with E-state index in [4.69, 9.17) is 4.74 Å². The van der Waals surface area contributed by atoms with Gasteiger partial charge in [-0.2, -0.15) is 18.2 Å². The van der Waals surface area contributed by atoms with Crippen molar-refractivity contribution in [2.24, 2.45) is 0 Å². The van der Waals surface area contributed by atoms with Crippen LogP contribution in [0, 0.1) is 0 Å². The van der Waals surface area contributed by atoms with Crippen molar-refractivity contribution in [3.8, 4) is 0 Å². The van der Waals surface area contributed by atoms with E-state index in [1.165, 1.54) is 16.7 Å². The van der Waals surface area contributed by atoms with Crippen molar-refractivity contribution in [1.82, 2.24) is 19.1 Å². The van der Waals surface area contributed by atoms with Crippen molar-refractivity contribution in [1.29, 1.82) is 0 Å². The predicted molar refractivity (Wildman–Crippen MR) is 118 cm³/mol. The average Bonchev–Trinajstić information content (AvgIpc) is 3.55. The van der Waals surface area contributed by atoms with Crippen molar-refractivity contribution in [2.75, 3.05) is 29.5 Å². The molecule has 2 bridgehead atoms. The predicted octanol–water partition coefficient (Wildman–Crippen LogP) is 2.25. The quantitative estimate of drug-likeness (QED) is 0.512. The second-order valence-corrected chi connectivity index (χ2v) is 9.54. The average molecular weight is 492 g/mol. The molecule has 0 saturated carbocycles. The van der Waals surface area contributed by atoms with Gasteiger partial charge in [-0.3, -0.25) is 14.2 Å². The minimum absolute atomic E-state index is 0.0290. The summed E-state index contributed by atoms with van der Waals surface area (Å²) in [6, 6.07) is 4.21. The van der Waals surface area contributed by atoms with Crippen molar-refractivity contribution in [3.05, 3.63) is 40.2 Å². The Labute approximate surface area is 194 Å². The lowest BCUT2D eigenvalue weighted by Gasteiger charge is -2.39. The van der Waals surface area contributed by atoms with E-state index in [1.807, 2.05) is 4.90 Å². The Morgan fingerprint density at radius 3 is 2.85 bits per heavy atom. The molecule has 2 unspecified atom stereocenters. The highest BCUT2D eigenvalue weighted by molar-refractivity contribution is 7.12. The summed E-state index contributed by atoms with van der Waals surface area (Å²) < 4.78 is 53.5. The minimum atomic E-state index is -4.59. The van der Waals surface area contributed by atoms with Gasteiger partial charge in [-0.25, -0.2) is 0 Å². The van der Waals surface area contributed by atoms with Crippen LogP contribution < -0.4 is 15.4 Å². The lowest BCUT2D eigenvalue weighted by atomic mass is 10.1. The molecule has 0 aliphatic carbocycles. The Balaban J connectivity index is 1.39. The summed E-state index contributed by atoms with van der Waals surface area (Å²) in [6.07, 6.45) is -4.12. The number of Topliss-reactive ketones (excluding diaryl/α,β-unsaturated/α-hetero) is 1. The smallest absolute Gasteiger partial charge is 0.374 e. The summed E-state index contributed by atoms with van der Waals surface area (Å²) in [5.74, 6) is -0.335. The van der Waals surface area contributed by atoms with E-state index in [2.05, 4.69) is 14.6 Å². The highest BCUT2D eigenvalue weighted by Crippen LogP contribution is 2.36. The SMILES string of the molecule is O=C(CN1c2nc(N3CC4CC3CO4)cc(=O)n2CC[C@H]1C(F)(F)F)c1ccc2snnc2c1. The fourth-order valence-corrected chi connectivity index (χ4v) is 5.55. The maximum atomic E-state index is 14.0. The first-order chi connectivity index (χ1) is 16.3. The number of hydrogen-bond acceptors (Lipinski definition) is 9. The molecule has 34 heavy (non-hydrogen) atoms. The first-order valence-electron chi connectivity index (χ1n) is 10.9. The summed E-state index contributed by atoms with van der Waals surface area (Å²) in [6.45, 7) is 0.330. The van der Waals surface area contributed by atoms with Crippen molar-refractivity contribution in [3.63, 3.8) is 0 Å². The molecule has 0 amide bonds. The first-order valence-corrected chi connectivity index (χ1v) is 11.6. The standard InChI is InChI=1S/C21H19F3N6O3S/c22-21(23,24)17-3-4-28-19(32)7-18(29-8-13-6-12(29)10-33-13)25-20(28)30(17)9-15(31)11-1-2-16-14(5-11)26-27-34-16/h1-2,5,7,12-13,17H,3-4,6,8-10H2/t12?,13?,17-/m0/s1. The molecule has 3 aliphatic heterocycles. The molecule has 3 atom stereocenters. The number of ether oxygens (including phenoxy) is 1. The van der Waals surface area contributed by atoms with Gasteiger partial charge in [0.2, 0.25) is 5.95 Å². The number of nitrogens with zero attached hydrogens (tertiary/aromatic N) is 6. The molecule has 0 radical (unpaired) electrons. The summed E-state index contributed by atoms with van der Waals surface area (Å²) in [5.41, 5.74) is 0.299. The molecule has 9 nitrogen and oxygen atoms in total. The molecule has 3 aliphatic rings. The molecule has 6 rings (SSSR count). The second-order valence-electron chi connectivity index (χ2n) is 8.75. The third-order valence-corrected chi connectivity index (χ3v) is 7.39. The van der Waals surface area contributed by atoms with Crippen LogP contribution in [0.25, 0.3) is 10.2 Å². The van der Waals surface area contributed by atoms with Crippen LogP contribution in [0.2, 0.25) is 0 Å². The highest BCUT2D eigenvalue weighted by atomic mass is 32.1. The number of morpholine rings is 1. The summed E-state index contributed by atoms with van der Waals surface area (Å²) in [7, 11) is 0. The Bertz CT molecular complexity index is 1340. The lowest BCUT2D eigenvalue weighted by Crippen LogP contribution is -2.54. The van der Waals surface area contributed by atoms with Gasteiger partial charge in [0, 0.05) is 24.7 Å². The Morgan fingerprint density at radius 1 is 1.26 bits per heavy atom. The highest BCUT2D eigenvalue weighted by Gasteiger charge is 2.48. The van der Waals surface area contributed by atoms with Gasteiger partial charge in [0.05, 0.1) is 30.0 Å². The Kier molecular flexibility index (Phi) is 4.88. The normalized spacial score (nSPS) is 24.1. The molecule has 13 heteroatoms. The fourth-order valence-electron chi connectivity index (χ4n) is 5.01. The zero-order valence-corrected chi connectivity index (χ0v) is 18.6. The van der Waals surface area contributed by atoms with Crippen LogP contribution in [0.15, 0.2) is 29.1 Å². The number of carbonyl (C=O) groups excluding carboxylic acids is 1. The van der Waals surface area contributed by atoms with Gasteiger partial charge in [-0.1, -0.05) is 4.49 Å². The van der Waals surface area contributed by atoms with E-state index in [0.717, 1.165) is 27.6 Å². The van der Waals surface area contributed by atoms with E-state index in [9.17, 15) is 22.8 Å². The topological polar surface area (TPSA) is 93.5 Å². The van der Waals surface area contributed by atoms with E-state index >= 15 is 0 Å². The number of aromatic nitrogens is 4. The third-order valence-electron chi connectivity index (χ3n) is 6.69. The molecular weight excluding hydrogens is 473 g/mol. The van der Waals surface area contributed by atoms with Gasteiger partial charge < -0.3 is 14.5 Å². The number of halogens is 3. The number of rotatable bonds is 4. The monoisotopic (exact) mass is 492 g/mol. The zero-order valence-electron chi connectivity index (χ0n) is 17.7. The van der Waals surface area contributed by atoms with E-state index in [-0.39, 0.29) is 36.6 Å².